The molecule has 0 spiro atoms. The Bertz CT molecular complexity index is 305. The molecule has 0 N–H and O–H groups in total. The summed E-state index contributed by atoms with van der Waals surface area (Å²) >= 11 is 0. The summed E-state index contributed by atoms with van der Waals surface area (Å²) in [5.74, 6) is 0.148. The SMILES string of the molecule is CC(C)Cc1ccc(C=O)cc1F. The lowest BCUT2D eigenvalue weighted by atomic mass is 10.0. The van der Waals surface area contributed by atoms with Crippen LogP contribution in [0.2, 0.25) is 0 Å². The van der Waals surface area contributed by atoms with Crippen molar-refractivity contribution in [2.75, 3.05) is 0 Å². The largest absolute Gasteiger partial charge is 0.298 e. The Balaban J connectivity index is 2.91. The van der Waals surface area contributed by atoms with Crippen molar-refractivity contribution in [2.45, 2.75) is 20.3 Å². The van der Waals surface area contributed by atoms with Crippen LogP contribution in [0.25, 0.3) is 0 Å². The van der Waals surface area contributed by atoms with E-state index < -0.39 is 0 Å². The molecule has 1 aromatic rings. The van der Waals surface area contributed by atoms with Crippen molar-refractivity contribution in [3.63, 3.8) is 0 Å². The fraction of sp³-hybridized carbons (Fsp3) is 0.364. The number of halogens is 1. The lowest BCUT2D eigenvalue weighted by Crippen LogP contribution is -1.98. The summed E-state index contributed by atoms with van der Waals surface area (Å²) < 4.78 is 13.2. The second kappa shape index (κ2) is 4.17. The van der Waals surface area contributed by atoms with Crippen LogP contribution in [0.1, 0.15) is 29.8 Å². The topological polar surface area (TPSA) is 17.1 Å². The maximum absolute atomic E-state index is 13.2. The Morgan fingerprint density at radius 2 is 2.15 bits per heavy atom. The summed E-state index contributed by atoms with van der Waals surface area (Å²) in [5, 5.41) is 0. The zero-order valence-electron chi connectivity index (χ0n) is 7.88. The van der Waals surface area contributed by atoms with Crippen LogP contribution in [0.3, 0.4) is 0 Å². The summed E-state index contributed by atoms with van der Waals surface area (Å²) in [5.41, 5.74) is 1.07. The van der Waals surface area contributed by atoms with E-state index in [0.29, 0.717) is 29.8 Å². The van der Waals surface area contributed by atoms with Gasteiger partial charge in [0.05, 0.1) is 0 Å². The molecular formula is C11H13FO. The Hall–Kier alpha value is -1.18. The van der Waals surface area contributed by atoms with E-state index in [1.807, 2.05) is 13.8 Å². The van der Waals surface area contributed by atoms with Gasteiger partial charge in [0.2, 0.25) is 0 Å². The van der Waals surface area contributed by atoms with E-state index >= 15 is 0 Å². The van der Waals surface area contributed by atoms with Crippen LogP contribution in [0.4, 0.5) is 4.39 Å². The monoisotopic (exact) mass is 180 g/mol. The van der Waals surface area contributed by atoms with Gasteiger partial charge in [-0.3, -0.25) is 4.79 Å². The molecule has 1 nitrogen and oxygen atoms in total. The molecule has 0 amide bonds. The van der Waals surface area contributed by atoms with Gasteiger partial charge >= 0.3 is 0 Å². The summed E-state index contributed by atoms with van der Waals surface area (Å²) in [6.07, 6.45) is 1.37. The van der Waals surface area contributed by atoms with E-state index in [2.05, 4.69) is 0 Å². The first kappa shape index (κ1) is 9.90. The molecule has 0 saturated carbocycles. The van der Waals surface area contributed by atoms with E-state index in [0.717, 1.165) is 0 Å². The molecule has 0 aromatic heterocycles. The van der Waals surface area contributed by atoms with Crippen molar-refractivity contribution in [3.8, 4) is 0 Å². The van der Waals surface area contributed by atoms with Crippen LogP contribution < -0.4 is 0 Å². The van der Waals surface area contributed by atoms with Crippen LogP contribution in [0, 0.1) is 11.7 Å². The first-order valence-corrected chi connectivity index (χ1v) is 4.37. The highest BCUT2D eigenvalue weighted by Gasteiger charge is 2.04. The number of aldehydes is 1. The van der Waals surface area contributed by atoms with Crippen molar-refractivity contribution in [3.05, 3.63) is 35.1 Å². The van der Waals surface area contributed by atoms with Crippen molar-refractivity contribution in [1.82, 2.24) is 0 Å². The average Bonchev–Trinajstić information content (AvgIpc) is 2.08. The third kappa shape index (κ3) is 2.65. The van der Waals surface area contributed by atoms with Crippen LogP contribution in [0.5, 0.6) is 0 Å². The smallest absolute Gasteiger partial charge is 0.150 e. The zero-order valence-corrected chi connectivity index (χ0v) is 7.88. The molecule has 70 valence electrons. The Morgan fingerprint density at radius 3 is 2.62 bits per heavy atom. The van der Waals surface area contributed by atoms with Crippen LogP contribution in [-0.2, 0) is 6.42 Å². The van der Waals surface area contributed by atoms with Gasteiger partial charge in [-0.1, -0.05) is 26.0 Å². The molecule has 0 unspecified atom stereocenters. The minimum absolute atomic E-state index is 0.279. The molecule has 0 fully saturated rings. The molecule has 0 heterocycles. The number of hydrogen-bond donors (Lipinski definition) is 0. The van der Waals surface area contributed by atoms with Crippen molar-refractivity contribution >= 4 is 6.29 Å². The van der Waals surface area contributed by atoms with E-state index in [-0.39, 0.29) is 5.82 Å². The van der Waals surface area contributed by atoms with Crippen LogP contribution in [-0.4, -0.2) is 6.29 Å². The molecule has 0 aliphatic carbocycles. The van der Waals surface area contributed by atoms with E-state index in [1.165, 1.54) is 6.07 Å². The number of hydrogen-bond acceptors (Lipinski definition) is 1. The molecule has 0 atom stereocenters. The summed E-state index contributed by atoms with van der Waals surface area (Å²) in [4.78, 5) is 10.3. The van der Waals surface area contributed by atoms with E-state index in [9.17, 15) is 9.18 Å². The molecule has 0 saturated heterocycles. The number of carbonyl (C=O) groups excluding carboxylic acids is 1. The Labute approximate surface area is 77.6 Å². The Morgan fingerprint density at radius 1 is 1.46 bits per heavy atom. The molecule has 0 aliphatic rings. The quantitative estimate of drug-likeness (QED) is 0.654. The van der Waals surface area contributed by atoms with Gasteiger partial charge in [-0.15, -0.1) is 0 Å². The predicted molar refractivity (Wildman–Crippen MR) is 50.3 cm³/mol. The molecular weight excluding hydrogens is 167 g/mol. The van der Waals surface area contributed by atoms with Crippen molar-refractivity contribution in [2.24, 2.45) is 5.92 Å². The highest BCUT2D eigenvalue weighted by Crippen LogP contribution is 2.13. The van der Waals surface area contributed by atoms with Gasteiger partial charge in [0.25, 0.3) is 0 Å². The fourth-order valence-corrected chi connectivity index (χ4v) is 1.24. The van der Waals surface area contributed by atoms with Gasteiger partial charge in [-0.05, 0) is 24.0 Å². The highest BCUT2D eigenvalue weighted by atomic mass is 19.1. The normalized spacial score (nSPS) is 10.5. The molecule has 2 heteroatoms. The first-order chi connectivity index (χ1) is 6.13. The molecule has 1 rings (SSSR count). The van der Waals surface area contributed by atoms with Gasteiger partial charge in [0.15, 0.2) is 0 Å². The standard InChI is InChI=1S/C11H13FO/c1-8(2)5-10-4-3-9(7-13)6-11(10)12/h3-4,6-8H,5H2,1-2H3. The first-order valence-electron chi connectivity index (χ1n) is 4.37. The molecule has 13 heavy (non-hydrogen) atoms. The maximum Gasteiger partial charge on any atom is 0.150 e. The van der Waals surface area contributed by atoms with Crippen LogP contribution >= 0.6 is 0 Å². The average molecular weight is 180 g/mol. The van der Waals surface area contributed by atoms with E-state index in [1.54, 1.807) is 12.1 Å². The minimum Gasteiger partial charge on any atom is -0.298 e. The predicted octanol–water partition coefficient (Wildman–Crippen LogP) is 2.84. The molecule has 0 radical (unpaired) electrons. The number of benzene rings is 1. The lowest BCUT2D eigenvalue weighted by molar-refractivity contribution is 0.112. The number of rotatable bonds is 3. The minimum atomic E-state index is -0.279. The van der Waals surface area contributed by atoms with Gasteiger partial charge in [0.1, 0.15) is 12.1 Å². The summed E-state index contributed by atoms with van der Waals surface area (Å²) in [6.45, 7) is 4.07. The second-order valence-corrected chi connectivity index (χ2v) is 3.57. The maximum atomic E-state index is 13.2. The van der Waals surface area contributed by atoms with Crippen LogP contribution in [0.15, 0.2) is 18.2 Å². The van der Waals surface area contributed by atoms with Gasteiger partial charge < -0.3 is 0 Å². The van der Waals surface area contributed by atoms with E-state index in [4.69, 9.17) is 0 Å². The zero-order chi connectivity index (χ0) is 9.84. The summed E-state index contributed by atoms with van der Waals surface area (Å²) in [6, 6.07) is 4.61. The molecule has 1 aromatic carbocycles. The Kier molecular flexibility index (Phi) is 3.18. The molecule has 0 bridgehead atoms. The summed E-state index contributed by atoms with van der Waals surface area (Å²) in [7, 11) is 0. The van der Waals surface area contributed by atoms with Crippen molar-refractivity contribution in [1.29, 1.82) is 0 Å². The lowest BCUT2D eigenvalue weighted by Gasteiger charge is -2.05. The number of carbonyl (C=O) groups is 1. The third-order valence-electron chi connectivity index (χ3n) is 1.84. The van der Waals surface area contributed by atoms with Gasteiger partial charge in [0, 0.05) is 5.56 Å². The molecule has 0 aliphatic heterocycles. The second-order valence-electron chi connectivity index (χ2n) is 3.57. The van der Waals surface area contributed by atoms with Gasteiger partial charge in [-0.25, -0.2) is 4.39 Å². The van der Waals surface area contributed by atoms with Crippen molar-refractivity contribution < 1.29 is 9.18 Å². The van der Waals surface area contributed by atoms with Gasteiger partial charge in [-0.2, -0.15) is 0 Å². The fourth-order valence-electron chi connectivity index (χ4n) is 1.24. The third-order valence-corrected chi connectivity index (χ3v) is 1.84. The highest BCUT2D eigenvalue weighted by molar-refractivity contribution is 5.74.